The average molecular weight is 347 g/mol. The molecule has 3 aromatic rings. The lowest BCUT2D eigenvalue weighted by molar-refractivity contribution is 0.355. The first-order chi connectivity index (χ1) is 11.3. The van der Waals surface area contributed by atoms with Crippen LogP contribution in [0, 0.1) is 0 Å². The first kappa shape index (κ1) is 16.0. The van der Waals surface area contributed by atoms with Crippen LogP contribution in [-0.2, 0) is 11.5 Å². The van der Waals surface area contributed by atoms with Gasteiger partial charge in [0.25, 0.3) is 0 Å². The predicted molar refractivity (Wildman–Crippen MR) is 94.4 cm³/mol. The number of ether oxygens (including phenoxy) is 2. The number of thioether (sulfide) groups is 1. The van der Waals surface area contributed by atoms with E-state index in [2.05, 4.69) is 5.38 Å². The van der Waals surface area contributed by atoms with Gasteiger partial charge in [0.05, 0.1) is 31.9 Å². The van der Waals surface area contributed by atoms with Crippen LogP contribution in [0.1, 0.15) is 11.5 Å². The maximum atomic E-state index is 5.35. The Morgan fingerprint density at radius 2 is 2.00 bits per heavy atom. The summed E-state index contributed by atoms with van der Waals surface area (Å²) in [6.45, 7) is 0. The largest absolute Gasteiger partial charge is 0.493 e. The van der Waals surface area contributed by atoms with E-state index in [1.807, 2.05) is 30.3 Å². The zero-order valence-electron chi connectivity index (χ0n) is 12.9. The molecule has 0 radical (unpaired) electrons. The molecule has 4 nitrogen and oxygen atoms in total. The minimum Gasteiger partial charge on any atom is -0.493 e. The topological polar surface area (TPSA) is 44.5 Å². The molecular weight excluding hydrogens is 330 g/mol. The minimum absolute atomic E-state index is 0.717. The van der Waals surface area contributed by atoms with Gasteiger partial charge in [-0.1, -0.05) is 0 Å². The standard InChI is InChI=1S/C17H17NO3S2/c1-19-15-6-5-12(8-16(15)20-2)17-18-13(10-23-17)9-22-11-14-4-3-7-21-14/h3-8,10H,9,11H2,1-2H3. The summed E-state index contributed by atoms with van der Waals surface area (Å²) in [5, 5.41) is 3.08. The number of rotatable bonds is 7. The molecule has 0 N–H and O–H groups in total. The molecule has 0 aliphatic carbocycles. The quantitative estimate of drug-likeness (QED) is 0.611. The Bertz CT molecular complexity index is 753. The van der Waals surface area contributed by atoms with Crippen molar-refractivity contribution in [2.45, 2.75) is 11.5 Å². The zero-order valence-corrected chi connectivity index (χ0v) is 14.6. The van der Waals surface area contributed by atoms with Crippen LogP contribution >= 0.6 is 23.1 Å². The summed E-state index contributed by atoms with van der Waals surface area (Å²) in [4.78, 5) is 4.70. The van der Waals surface area contributed by atoms with E-state index in [0.29, 0.717) is 5.75 Å². The van der Waals surface area contributed by atoms with Crippen LogP contribution in [0.25, 0.3) is 10.6 Å². The number of aromatic nitrogens is 1. The van der Waals surface area contributed by atoms with Gasteiger partial charge in [0.15, 0.2) is 11.5 Å². The molecule has 0 atom stereocenters. The van der Waals surface area contributed by atoms with Gasteiger partial charge in [-0.25, -0.2) is 4.98 Å². The molecule has 6 heteroatoms. The molecule has 3 rings (SSSR count). The highest BCUT2D eigenvalue weighted by molar-refractivity contribution is 7.97. The van der Waals surface area contributed by atoms with Gasteiger partial charge in [-0.05, 0) is 30.3 Å². The van der Waals surface area contributed by atoms with Crippen LogP contribution in [0.4, 0.5) is 0 Å². The number of methoxy groups -OCH3 is 2. The highest BCUT2D eigenvalue weighted by Gasteiger charge is 2.10. The van der Waals surface area contributed by atoms with Crippen molar-refractivity contribution in [3.63, 3.8) is 0 Å². The van der Waals surface area contributed by atoms with E-state index in [-0.39, 0.29) is 0 Å². The highest BCUT2D eigenvalue weighted by Crippen LogP contribution is 2.34. The Morgan fingerprint density at radius 1 is 1.13 bits per heavy atom. The van der Waals surface area contributed by atoms with E-state index in [0.717, 1.165) is 39.3 Å². The Kier molecular flexibility index (Phi) is 5.25. The molecule has 0 spiro atoms. The van der Waals surface area contributed by atoms with Crippen molar-refractivity contribution >= 4 is 23.1 Å². The van der Waals surface area contributed by atoms with Gasteiger partial charge in [-0.15, -0.1) is 23.1 Å². The Labute approximate surface area is 143 Å². The lowest BCUT2D eigenvalue weighted by Gasteiger charge is -2.08. The van der Waals surface area contributed by atoms with E-state index in [1.165, 1.54) is 0 Å². The third-order valence-corrected chi connectivity index (χ3v) is 5.19. The van der Waals surface area contributed by atoms with Gasteiger partial charge in [0.1, 0.15) is 10.8 Å². The van der Waals surface area contributed by atoms with Crippen molar-refractivity contribution in [3.8, 4) is 22.1 Å². The number of furan rings is 1. The minimum atomic E-state index is 0.717. The number of nitrogens with zero attached hydrogens (tertiary/aromatic N) is 1. The third kappa shape index (κ3) is 3.89. The van der Waals surface area contributed by atoms with Gasteiger partial charge in [0.2, 0.25) is 0 Å². The monoisotopic (exact) mass is 347 g/mol. The van der Waals surface area contributed by atoms with Gasteiger partial charge >= 0.3 is 0 Å². The Hall–Kier alpha value is -1.92. The van der Waals surface area contributed by atoms with E-state index in [1.54, 1.807) is 43.6 Å². The van der Waals surface area contributed by atoms with Crippen molar-refractivity contribution in [2.24, 2.45) is 0 Å². The van der Waals surface area contributed by atoms with Crippen molar-refractivity contribution in [3.05, 3.63) is 53.4 Å². The summed E-state index contributed by atoms with van der Waals surface area (Å²) < 4.78 is 15.9. The normalized spacial score (nSPS) is 10.7. The van der Waals surface area contributed by atoms with E-state index in [9.17, 15) is 0 Å². The molecule has 1 aromatic carbocycles. The third-order valence-electron chi connectivity index (χ3n) is 3.26. The molecule has 0 fully saturated rings. The van der Waals surface area contributed by atoms with Crippen LogP contribution < -0.4 is 9.47 Å². The molecule has 0 bridgehead atoms. The van der Waals surface area contributed by atoms with E-state index < -0.39 is 0 Å². The fourth-order valence-corrected chi connectivity index (χ4v) is 3.87. The summed E-state index contributed by atoms with van der Waals surface area (Å²) in [5.74, 6) is 4.15. The summed E-state index contributed by atoms with van der Waals surface area (Å²) in [6.07, 6.45) is 1.70. The predicted octanol–water partition coefficient (Wildman–Crippen LogP) is 4.85. The van der Waals surface area contributed by atoms with Crippen LogP contribution in [0.2, 0.25) is 0 Å². The second kappa shape index (κ2) is 7.57. The second-order valence-corrected chi connectivity index (χ2v) is 6.63. The smallest absolute Gasteiger partial charge is 0.161 e. The summed E-state index contributed by atoms with van der Waals surface area (Å²) in [6, 6.07) is 9.76. The van der Waals surface area contributed by atoms with Crippen molar-refractivity contribution in [2.75, 3.05) is 14.2 Å². The first-order valence-electron chi connectivity index (χ1n) is 7.07. The lowest BCUT2D eigenvalue weighted by atomic mass is 10.2. The Morgan fingerprint density at radius 3 is 2.74 bits per heavy atom. The maximum absolute atomic E-state index is 5.35. The lowest BCUT2D eigenvalue weighted by Crippen LogP contribution is -1.90. The molecule has 0 unspecified atom stereocenters. The van der Waals surface area contributed by atoms with E-state index in [4.69, 9.17) is 18.9 Å². The molecule has 2 heterocycles. The van der Waals surface area contributed by atoms with Gasteiger partial charge in [-0.2, -0.15) is 0 Å². The molecule has 2 aromatic heterocycles. The zero-order chi connectivity index (χ0) is 16.1. The molecule has 0 saturated carbocycles. The van der Waals surface area contributed by atoms with Crippen molar-refractivity contribution in [1.82, 2.24) is 4.98 Å². The van der Waals surface area contributed by atoms with Gasteiger partial charge in [-0.3, -0.25) is 0 Å². The van der Waals surface area contributed by atoms with Crippen LogP contribution in [-0.4, -0.2) is 19.2 Å². The van der Waals surface area contributed by atoms with Crippen LogP contribution in [0.3, 0.4) is 0 Å². The molecule has 120 valence electrons. The molecule has 0 aliphatic heterocycles. The molecule has 0 aliphatic rings. The molecular formula is C17H17NO3S2. The average Bonchev–Trinajstić information content (AvgIpc) is 3.26. The molecule has 0 saturated heterocycles. The number of thiazole rings is 1. The summed E-state index contributed by atoms with van der Waals surface area (Å²) >= 11 is 3.43. The fraction of sp³-hybridized carbons (Fsp3) is 0.235. The summed E-state index contributed by atoms with van der Waals surface area (Å²) in [7, 11) is 3.27. The SMILES string of the molecule is COc1ccc(-c2nc(CSCc3ccco3)cs2)cc1OC. The number of hydrogen-bond acceptors (Lipinski definition) is 6. The molecule has 0 amide bonds. The number of benzene rings is 1. The fourth-order valence-electron chi connectivity index (χ4n) is 2.13. The highest BCUT2D eigenvalue weighted by atomic mass is 32.2. The number of hydrogen-bond donors (Lipinski definition) is 0. The van der Waals surface area contributed by atoms with E-state index >= 15 is 0 Å². The van der Waals surface area contributed by atoms with Gasteiger partial charge in [0, 0.05) is 16.7 Å². The second-order valence-electron chi connectivity index (χ2n) is 4.79. The van der Waals surface area contributed by atoms with Gasteiger partial charge < -0.3 is 13.9 Å². The van der Waals surface area contributed by atoms with Crippen molar-refractivity contribution < 1.29 is 13.9 Å². The van der Waals surface area contributed by atoms with Crippen molar-refractivity contribution in [1.29, 1.82) is 0 Å². The van der Waals surface area contributed by atoms with Crippen LogP contribution in [0.15, 0.2) is 46.4 Å². The Balaban J connectivity index is 1.66. The maximum Gasteiger partial charge on any atom is 0.161 e. The first-order valence-corrected chi connectivity index (χ1v) is 9.10. The van der Waals surface area contributed by atoms with Crippen LogP contribution in [0.5, 0.6) is 11.5 Å². The summed E-state index contributed by atoms with van der Waals surface area (Å²) in [5.41, 5.74) is 2.12. The molecule has 23 heavy (non-hydrogen) atoms.